The molecule has 0 radical (unpaired) electrons. The number of anilines is 1. The van der Waals surface area contributed by atoms with Crippen molar-refractivity contribution in [3.8, 4) is 0 Å². The van der Waals surface area contributed by atoms with E-state index in [1.54, 1.807) is 19.4 Å². The molecule has 134 valence electrons. The fourth-order valence-corrected chi connectivity index (χ4v) is 3.18. The van der Waals surface area contributed by atoms with Crippen molar-refractivity contribution in [2.75, 3.05) is 37.6 Å². The van der Waals surface area contributed by atoms with Gasteiger partial charge >= 0.3 is 5.76 Å². The van der Waals surface area contributed by atoms with Crippen LogP contribution in [0, 0.1) is 0 Å². The van der Waals surface area contributed by atoms with Gasteiger partial charge in [0.25, 0.3) is 0 Å². The quantitative estimate of drug-likeness (QED) is 0.713. The molecule has 0 bridgehead atoms. The number of aromatic nitrogens is 3. The molecule has 1 aromatic carbocycles. The van der Waals surface area contributed by atoms with Gasteiger partial charge < -0.3 is 9.32 Å². The summed E-state index contributed by atoms with van der Waals surface area (Å²) in [6.45, 7) is 4.71. The van der Waals surface area contributed by atoms with E-state index in [2.05, 4.69) is 31.9 Å². The third-order valence-corrected chi connectivity index (χ3v) is 4.70. The van der Waals surface area contributed by atoms with Crippen molar-refractivity contribution in [3.05, 3.63) is 58.8 Å². The summed E-state index contributed by atoms with van der Waals surface area (Å²) in [4.78, 5) is 24.8. The maximum absolute atomic E-state index is 11.6. The van der Waals surface area contributed by atoms with E-state index in [0.29, 0.717) is 5.58 Å². The summed E-state index contributed by atoms with van der Waals surface area (Å²) in [5.74, 6) is 0.474. The van der Waals surface area contributed by atoms with Crippen LogP contribution in [0.25, 0.3) is 17.2 Å². The van der Waals surface area contributed by atoms with Crippen LogP contribution < -0.4 is 10.7 Å². The Hall–Kier alpha value is -2.93. The summed E-state index contributed by atoms with van der Waals surface area (Å²) in [7, 11) is 1.71. The number of piperazine rings is 1. The maximum atomic E-state index is 11.6. The summed E-state index contributed by atoms with van der Waals surface area (Å²) < 4.78 is 6.75. The molecule has 0 N–H and O–H groups in total. The van der Waals surface area contributed by atoms with Gasteiger partial charge in [0, 0.05) is 52.2 Å². The normalized spacial score (nSPS) is 16.0. The molecule has 4 rings (SSSR count). The Labute approximate surface area is 151 Å². The molecule has 7 heteroatoms. The predicted octanol–water partition coefficient (Wildman–Crippen LogP) is 1.76. The van der Waals surface area contributed by atoms with Crippen LogP contribution in [0.3, 0.4) is 0 Å². The van der Waals surface area contributed by atoms with E-state index in [0.717, 1.165) is 49.8 Å². The molecule has 1 aliphatic heterocycles. The van der Waals surface area contributed by atoms with Gasteiger partial charge in [0.15, 0.2) is 5.58 Å². The molecular weight excluding hydrogens is 330 g/mol. The molecule has 3 aromatic rings. The van der Waals surface area contributed by atoms with Gasteiger partial charge in [-0.1, -0.05) is 18.2 Å². The summed E-state index contributed by atoms with van der Waals surface area (Å²) in [6.07, 6.45) is 7.78. The third kappa shape index (κ3) is 3.39. The first-order valence-electron chi connectivity index (χ1n) is 8.71. The molecule has 1 saturated heterocycles. The summed E-state index contributed by atoms with van der Waals surface area (Å²) >= 11 is 0. The SMILES string of the molecule is Cn1c(=O)oc2cc(C=CCN3CCN(c4ncccn4)CC3)ccc21. The van der Waals surface area contributed by atoms with Crippen molar-refractivity contribution in [1.29, 1.82) is 0 Å². The Morgan fingerprint density at radius 3 is 2.69 bits per heavy atom. The fraction of sp³-hybridized carbons (Fsp3) is 0.316. The molecule has 0 atom stereocenters. The van der Waals surface area contributed by atoms with Crippen LogP contribution in [0.15, 0.2) is 51.9 Å². The van der Waals surface area contributed by atoms with Gasteiger partial charge in [-0.15, -0.1) is 0 Å². The van der Waals surface area contributed by atoms with Crippen molar-refractivity contribution in [2.45, 2.75) is 0 Å². The molecule has 0 aliphatic carbocycles. The highest BCUT2D eigenvalue weighted by Gasteiger charge is 2.17. The molecule has 1 aliphatic rings. The van der Waals surface area contributed by atoms with E-state index in [-0.39, 0.29) is 5.76 Å². The van der Waals surface area contributed by atoms with E-state index >= 15 is 0 Å². The first-order chi connectivity index (χ1) is 12.7. The summed E-state index contributed by atoms with van der Waals surface area (Å²) in [5, 5.41) is 0. The molecule has 1 fully saturated rings. The average Bonchev–Trinajstić information content (AvgIpc) is 2.96. The van der Waals surface area contributed by atoms with Gasteiger partial charge in [-0.25, -0.2) is 14.8 Å². The van der Waals surface area contributed by atoms with E-state index in [1.165, 1.54) is 4.57 Å². The number of benzene rings is 1. The number of fused-ring (bicyclic) bond motifs is 1. The van der Waals surface area contributed by atoms with Crippen molar-refractivity contribution in [2.24, 2.45) is 7.05 Å². The van der Waals surface area contributed by atoms with Gasteiger partial charge in [-0.05, 0) is 23.8 Å². The second kappa shape index (κ2) is 7.13. The smallest absolute Gasteiger partial charge is 0.408 e. The second-order valence-corrected chi connectivity index (χ2v) is 6.39. The zero-order valence-corrected chi connectivity index (χ0v) is 14.7. The minimum Gasteiger partial charge on any atom is -0.408 e. The first-order valence-corrected chi connectivity index (χ1v) is 8.71. The highest BCUT2D eigenvalue weighted by Crippen LogP contribution is 2.15. The molecule has 26 heavy (non-hydrogen) atoms. The van der Waals surface area contributed by atoms with Crippen LogP contribution in [0.2, 0.25) is 0 Å². The number of hydrogen-bond acceptors (Lipinski definition) is 6. The van der Waals surface area contributed by atoms with Crippen LogP contribution in [0.1, 0.15) is 5.56 Å². The van der Waals surface area contributed by atoms with Gasteiger partial charge in [0.05, 0.1) is 5.52 Å². The van der Waals surface area contributed by atoms with Gasteiger partial charge in [0.2, 0.25) is 5.95 Å². The molecular formula is C19H21N5O2. The molecule has 2 aromatic heterocycles. The molecule has 3 heterocycles. The number of oxazole rings is 1. The van der Waals surface area contributed by atoms with Crippen LogP contribution in [0.4, 0.5) is 5.95 Å². The molecule has 7 nitrogen and oxygen atoms in total. The predicted molar refractivity (Wildman–Crippen MR) is 101 cm³/mol. The zero-order valence-electron chi connectivity index (χ0n) is 14.7. The molecule has 0 amide bonds. The highest BCUT2D eigenvalue weighted by atomic mass is 16.4. The van der Waals surface area contributed by atoms with Crippen LogP contribution >= 0.6 is 0 Å². The van der Waals surface area contributed by atoms with E-state index in [9.17, 15) is 4.79 Å². The number of aryl methyl sites for hydroxylation is 1. The Morgan fingerprint density at radius 1 is 1.15 bits per heavy atom. The van der Waals surface area contributed by atoms with Crippen LogP contribution in [-0.4, -0.2) is 52.2 Å². The van der Waals surface area contributed by atoms with E-state index in [1.807, 2.05) is 24.3 Å². The van der Waals surface area contributed by atoms with Crippen molar-refractivity contribution >= 4 is 23.1 Å². The fourth-order valence-electron chi connectivity index (χ4n) is 3.18. The lowest BCUT2D eigenvalue weighted by Gasteiger charge is -2.34. The Morgan fingerprint density at radius 2 is 1.92 bits per heavy atom. The van der Waals surface area contributed by atoms with Gasteiger partial charge in [0.1, 0.15) is 0 Å². The van der Waals surface area contributed by atoms with Crippen molar-refractivity contribution in [1.82, 2.24) is 19.4 Å². The lowest BCUT2D eigenvalue weighted by atomic mass is 10.2. The lowest BCUT2D eigenvalue weighted by Crippen LogP contribution is -2.46. The Kier molecular flexibility index (Phi) is 4.53. The van der Waals surface area contributed by atoms with E-state index < -0.39 is 0 Å². The minimum atomic E-state index is -0.332. The zero-order chi connectivity index (χ0) is 17.9. The minimum absolute atomic E-state index is 0.332. The monoisotopic (exact) mass is 351 g/mol. The maximum Gasteiger partial charge on any atom is 0.419 e. The van der Waals surface area contributed by atoms with Crippen molar-refractivity contribution < 1.29 is 4.42 Å². The Balaban J connectivity index is 1.34. The van der Waals surface area contributed by atoms with E-state index in [4.69, 9.17) is 4.42 Å². The number of nitrogens with zero attached hydrogens (tertiary/aromatic N) is 5. The van der Waals surface area contributed by atoms with Crippen LogP contribution in [-0.2, 0) is 7.05 Å². The third-order valence-electron chi connectivity index (χ3n) is 4.70. The number of rotatable bonds is 4. The Bertz CT molecular complexity index is 969. The van der Waals surface area contributed by atoms with Gasteiger partial charge in [-0.3, -0.25) is 9.47 Å². The summed E-state index contributed by atoms with van der Waals surface area (Å²) in [5.41, 5.74) is 2.46. The molecule has 0 unspecified atom stereocenters. The standard InChI is InChI=1S/C19H21N5O2/c1-22-16-6-5-15(14-17(16)26-19(22)25)4-2-9-23-10-12-24(13-11-23)18-20-7-3-8-21-18/h2-8,14H,9-13H2,1H3. The van der Waals surface area contributed by atoms with Crippen LogP contribution in [0.5, 0.6) is 0 Å². The highest BCUT2D eigenvalue weighted by molar-refractivity contribution is 5.76. The summed E-state index contributed by atoms with van der Waals surface area (Å²) in [6, 6.07) is 7.65. The second-order valence-electron chi connectivity index (χ2n) is 6.39. The number of hydrogen-bond donors (Lipinski definition) is 0. The topological polar surface area (TPSA) is 67.4 Å². The lowest BCUT2D eigenvalue weighted by molar-refractivity contribution is 0.283. The largest absolute Gasteiger partial charge is 0.419 e. The molecule has 0 spiro atoms. The average molecular weight is 351 g/mol. The van der Waals surface area contributed by atoms with Crippen molar-refractivity contribution in [3.63, 3.8) is 0 Å². The molecule has 0 saturated carbocycles. The first kappa shape index (κ1) is 16.5. The van der Waals surface area contributed by atoms with Gasteiger partial charge in [-0.2, -0.15) is 0 Å².